The van der Waals surface area contributed by atoms with Crippen LogP contribution in [0.2, 0.25) is 5.02 Å². The second-order valence-corrected chi connectivity index (χ2v) is 7.00. The van der Waals surface area contributed by atoms with Gasteiger partial charge in [0.1, 0.15) is 0 Å². The molecule has 1 unspecified atom stereocenters. The second-order valence-electron chi connectivity index (χ2n) is 6.60. The SMILES string of the molecule is COC(=O)c1nc(N(C)C(c2ccccc2)c2ccccc2Cl)n(C)c(=O)c1OC. The Bertz CT molecular complexity index is 1120. The van der Waals surface area contributed by atoms with Crippen molar-refractivity contribution in [1.82, 2.24) is 9.55 Å². The molecule has 7 nitrogen and oxygen atoms in total. The van der Waals surface area contributed by atoms with E-state index in [2.05, 4.69) is 4.98 Å². The standard InChI is InChI=1S/C22H22ClN3O4/c1-25(22-24-17(21(28)30-4)19(29-3)20(27)26(22)2)18(14-10-6-5-7-11-14)15-12-8-9-13-16(15)23/h5-13,18H,1-4H3. The Balaban J connectivity index is 2.24. The van der Waals surface area contributed by atoms with Gasteiger partial charge in [-0.3, -0.25) is 9.36 Å². The van der Waals surface area contributed by atoms with Gasteiger partial charge in [0.05, 0.1) is 20.3 Å². The van der Waals surface area contributed by atoms with E-state index in [9.17, 15) is 9.59 Å². The highest BCUT2D eigenvalue weighted by atomic mass is 35.5. The Kier molecular flexibility index (Phi) is 6.42. The number of esters is 1. The summed E-state index contributed by atoms with van der Waals surface area (Å²) in [5.74, 6) is -0.668. The molecule has 0 aliphatic heterocycles. The molecule has 1 aromatic heterocycles. The molecule has 0 saturated carbocycles. The summed E-state index contributed by atoms with van der Waals surface area (Å²) in [6.45, 7) is 0. The van der Waals surface area contributed by atoms with Gasteiger partial charge in [-0.25, -0.2) is 9.78 Å². The lowest BCUT2D eigenvalue weighted by Crippen LogP contribution is -2.34. The first-order chi connectivity index (χ1) is 14.4. The lowest BCUT2D eigenvalue weighted by molar-refractivity contribution is 0.0589. The second kappa shape index (κ2) is 9.00. The average molecular weight is 428 g/mol. The fourth-order valence-electron chi connectivity index (χ4n) is 3.36. The largest absolute Gasteiger partial charge is 0.489 e. The third-order valence-electron chi connectivity index (χ3n) is 4.83. The van der Waals surface area contributed by atoms with Gasteiger partial charge >= 0.3 is 5.97 Å². The fraction of sp³-hybridized carbons (Fsp3) is 0.227. The van der Waals surface area contributed by atoms with Crippen LogP contribution in [0.25, 0.3) is 0 Å². The van der Waals surface area contributed by atoms with Crippen LogP contribution in [0.1, 0.15) is 27.7 Å². The van der Waals surface area contributed by atoms with Crippen molar-refractivity contribution in [2.75, 3.05) is 26.2 Å². The maximum absolute atomic E-state index is 12.9. The van der Waals surface area contributed by atoms with Crippen molar-refractivity contribution in [2.45, 2.75) is 6.04 Å². The molecule has 156 valence electrons. The third kappa shape index (κ3) is 3.89. The number of carbonyl (C=O) groups is 1. The zero-order chi connectivity index (χ0) is 21.8. The van der Waals surface area contributed by atoms with Gasteiger partial charge in [-0.2, -0.15) is 0 Å². The van der Waals surface area contributed by atoms with Crippen LogP contribution in [0, 0.1) is 0 Å². The van der Waals surface area contributed by atoms with Crippen LogP contribution < -0.4 is 15.2 Å². The van der Waals surface area contributed by atoms with Crippen LogP contribution in [0.4, 0.5) is 5.95 Å². The van der Waals surface area contributed by atoms with E-state index in [0.29, 0.717) is 5.02 Å². The van der Waals surface area contributed by atoms with E-state index in [0.717, 1.165) is 11.1 Å². The third-order valence-corrected chi connectivity index (χ3v) is 5.17. The maximum atomic E-state index is 12.9. The number of anilines is 1. The van der Waals surface area contributed by atoms with E-state index in [4.69, 9.17) is 21.1 Å². The number of nitrogens with zero attached hydrogens (tertiary/aromatic N) is 3. The number of halogens is 1. The van der Waals surface area contributed by atoms with E-state index in [1.807, 2.05) is 48.5 Å². The van der Waals surface area contributed by atoms with Crippen molar-refractivity contribution in [3.05, 3.63) is 86.8 Å². The molecule has 8 heteroatoms. The molecule has 0 aliphatic carbocycles. The summed E-state index contributed by atoms with van der Waals surface area (Å²) in [5, 5.41) is 0.574. The smallest absolute Gasteiger partial charge is 0.360 e. The van der Waals surface area contributed by atoms with Crippen molar-refractivity contribution in [3.63, 3.8) is 0 Å². The summed E-state index contributed by atoms with van der Waals surface area (Å²) in [6, 6.07) is 16.8. The average Bonchev–Trinajstić information content (AvgIpc) is 2.77. The van der Waals surface area contributed by atoms with E-state index in [1.165, 1.54) is 18.8 Å². The summed E-state index contributed by atoms with van der Waals surface area (Å²) in [4.78, 5) is 31.3. The molecular weight excluding hydrogens is 406 g/mol. The molecule has 0 bridgehead atoms. The number of hydrogen-bond donors (Lipinski definition) is 0. The summed E-state index contributed by atoms with van der Waals surface area (Å²) < 4.78 is 11.2. The molecule has 0 radical (unpaired) electrons. The molecule has 3 aromatic rings. The number of hydrogen-bond acceptors (Lipinski definition) is 6. The lowest BCUT2D eigenvalue weighted by Gasteiger charge is -2.31. The number of ether oxygens (including phenoxy) is 2. The Hall–Kier alpha value is -3.32. The van der Waals surface area contributed by atoms with E-state index < -0.39 is 11.5 Å². The number of rotatable bonds is 6. The predicted octanol–water partition coefficient (Wildman–Crippen LogP) is 3.45. The topological polar surface area (TPSA) is 73.7 Å². The number of carbonyl (C=O) groups excluding carboxylic acids is 1. The molecule has 3 rings (SSSR count). The highest BCUT2D eigenvalue weighted by Gasteiger charge is 2.28. The van der Waals surface area contributed by atoms with Crippen molar-refractivity contribution in [1.29, 1.82) is 0 Å². The molecule has 0 saturated heterocycles. The first kappa shape index (κ1) is 21.4. The van der Waals surface area contributed by atoms with E-state index >= 15 is 0 Å². The molecule has 1 heterocycles. The van der Waals surface area contributed by atoms with Gasteiger partial charge in [0.15, 0.2) is 5.69 Å². The zero-order valence-electron chi connectivity index (χ0n) is 17.1. The Morgan fingerprint density at radius 3 is 2.33 bits per heavy atom. The van der Waals surface area contributed by atoms with Crippen LogP contribution in [-0.2, 0) is 11.8 Å². The number of methoxy groups -OCH3 is 2. The minimum absolute atomic E-state index is 0.171. The fourth-order valence-corrected chi connectivity index (χ4v) is 3.60. The Morgan fingerprint density at radius 1 is 1.10 bits per heavy atom. The first-order valence-corrected chi connectivity index (χ1v) is 9.54. The molecule has 2 aromatic carbocycles. The minimum atomic E-state index is -0.756. The van der Waals surface area contributed by atoms with Gasteiger partial charge < -0.3 is 14.4 Å². The lowest BCUT2D eigenvalue weighted by atomic mass is 9.97. The monoisotopic (exact) mass is 427 g/mol. The molecule has 1 atom stereocenters. The highest BCUT2D eigenvalue weighted by molar-refractivity contribution is 6.31. The van der Waals surface area contributed by atoms with Gasteiger partial charge in [0, 0.05) is 19.1 Å². The summed E-state index contributed by atoms with van der Waals surface area (Å²) in [7, 11) is 5.89. The molecule has 0 amide bonds. The summed E-state index contributed by atoms with van der Waals surface area (Å²) in [6.07, 6.45) is 0. The zero-order valence-corrected chi connectivity index (χ0v) is 17.9. The summed E-state index contributed by atoms with van der Waals surface area (Å²) in [5.41, 5.74) is 1.09. The minimum Gasteiger partial charge on any atom is -0.489 e. The van der Waals surface area contributed by atoms with Crippen LogP contribution in [0.5, 0.6) is 5.75 Å². The Labute approximate surface area is 179 Å². The Morgan fingerprint density at radius 2 is 1.73 bits per heavy atom. The van der Waals surface area contributed by atoms with Crippen molar-refractivity contribution < 1.29 is 14.3 Å². The van der Waals surface area contributed by atoms with E-state index in [-0.39, 0.29) is 23.4 Å². The molecule has 30 heavy (non-hydrogen) atoms. The van der Waals surface area contributed by atoms with Gasteiger partial charge in [-0.05, 0) is 17.2 Å². The molecule has 0 aliphatic rings. The van der Waals surface area contributed by atoms with Crippen molar-refractivity contribution >= 4 is 23.5 Å². The van der Waals surface area contributed by atoms with Crippen LogP contribution >= 0.6 is 11.6 Å². The predicted molar refractivity (Wildman–Crippen MR) is 116 cm³/mol. The van der Waals surface area contributed by atoms with Gasteiger partial charge in [-0.15, -0.1) is 0 Å². The molecule has 0 N–H and O–H groups in total. The van der Waals surface area contributed by atoms with Crippen molar-refractivity contribution in [2.24, 2.45) is 7.05 Å². The maximum Gasteiger partial charge on any atom is 0.360 e. The van der Waals surface area contributed by atoms with E-state index in [1.54, 1.807) is 25.1 Å². The van der Waals surface area contributed by atoms with Crippen LogP contribution in [0.15, 0.2) is 59.4 Å². The van der Waals surface area contributed by atoms with Crippen molar-refractivity contribution in [3.8, 4) is 5.75 Å². The normalized spacial score (nSPS) is 11.6. The number of aromatic nitrogens is 2. The molecular formula is C22H22ClN3O4. The van der Waals surface area contributed by atoms with Gasteiger partial charge in [-0.1, -0.05) is 60.1 Å². The van der Waals surface area contributed by atoms with Crippen LogP contribution in [-0.4, -0.2) is 36.8 Å². The summed E-state index contributed by atoms with van der Waals surface area (Å²) >= 11 is 6.51. The first-order valence-electron chi connectivity index (χ1n) is 9.16. The number of benzene rings is 2. The van der Waals surface area contributed by atoms with Crippen LogP contribution in [0.3, 0.4) is 0 Å². The quantitative estimate of drug-likeness (QED) is 0.561. The highest BCUT2D eigenvalue weighted by Crippen LogP contribution is 2.34. The van der Waals surface area contributed by atoms with Gasteiger partial charge in [0.25, 0.3) is 5.56 Å². The van der Waals surface area contributed by atoms with Gasteiger partial charge in [0.2, 0.25) is 11.7 Å². The molecule has 0 fully saturated rings. The molecule has 0 spiro atoms.